The number of anilines is 4. The van der Waals surface area contributed by atoms with Gasteiger partial charge in [0, 0.05) is 29.7 Å². The molecule has 0 aliphatic heterocycles. The van der Waals surface area contributed by atoms with Crippen molar-refractivity contribution < 1.29 is 14.2 Å². The largest absolute Gasteiger partial charge is 0.493 e. The van der Waals surface area contributed by atoms with Gasteiger partial charge in [0.15, 0.2) is 11.5 Å². The molecule has 0 amide bonds. The molecule has 8 nitrogen and oxygen atoms in total. The van der Waals surface area contributed by atoms with Crippen molar-refractivity contribution in [3.63, 3.8) is 0 Å². The molecule has 28 heavy (non-hydrogen) atoms. The summed E-state index contributed by atoms with van der Waals surface area (Å²) >= 11 is 0. The van der Waals surface area contributed by atoms with Crippen LogP contribution in [0.3, 0.4) is 0 Å². The van der Waals surface area contributed by atoms with E-state index < -0.39 is 0 Å². The van der Waals surface area contributed by atoms with Crippen LogP contribution in [0.5, 0.6) is 17.2 Å². The number of aromatic nitrogens is 2. The Bertz CT molecular complexity index is 974. The van der Waals surface area contributed by atoms with Gasteiger partial charge in [-0.25, -0.2) is 4.98 Å². The molecule has 0 unspecified atom stereocenters. The van der Waals surface area contributed by atoms with Crippen LogP contribution in [0.25, 0.3) is 0 Å². The van der Waals surface area contributed by atoms with Crippen molar-refractivity contribution in [1.82, 2.24) is 9.97 Å². The Morgan fingerprint density at radius 1 is 0.857 bits per heavy atom. The Morgan fingerprint density at radius 2 is 1.54 bits per heavy atom. The van der Waals surface area contributed by atoms with Gasteiger partial charge in [0.2, 0.25) is 11.7 Å². The molecule has 8 heteroatoms. The molecule has 3 aromatic rings. The Kier molecular flexibility index (Phi) is 5.77. The number of benzene rings is 2. The van der Waals surface area contributed by atoms with Gasteiger partial charge < -0.3 is 24.8 Å². The van der Waals surface area contributed by atoms with Crippen molar-refractivity contribution in [3.05, 3.63) is 54.2 Å². The number of ether oxygens (including phenoxy) is 3. The van der Waals surface area contributed by atoms with Gasteiger partial charge in [0.25, 0.3) is 0 Å². The van der Waals surface area contributed by atoms with Crippen molar-refractivity contribution in [2.24, 2.45) is 0 Å². The van der Waals surface area contributed by atoms with Gasteiger partial charge in [-0.15, -0.1) is 0 Å². The summed E-state index contributed by atoms with van der Waals surface area (Å²) in [4.78, 5) is 8.67. The maximum atomic E-state index is 8.87. The molecule has 0 saturated carbocycles. The van der Waals surface area contributed by atoms with Crippen LogP contribution >= 0.6 is 0 Å². The van der Waals surface area contributed by atoms with E-state index in [4.69, 9.17) is 19.5 Å². The quantitative estimate of drug-likeness (QED) is 0.640. The molecule has 0 saturated heterocycles. The van der Waals surface area contributed by atoms with Gasteiger partial charge in [-0.1, -0.05) is 0 Å². The molecule has 0 spiro atoms. The minimum absolute atomic E-state index is 0.419. The van der Waals surface area contributed by atoms with E-state index in [1.807, 2.05) is 0 Å². The smallest absolute Gasteiger partial charge is 0.229 e. The Balaban J connectivity index is 1.81. The summed E-state index contributed by atoms with van der Waals surface area (Å²) < 4.78 is 16.1. The van der Waals surface area contributed by atoms with Crippen LogP contribution in [0.4, 0.5) is 23.1 Å². The fourth-order valence-corrected chi connectivity index (χ4v) is 2.55. The average molecular weight is 377 g/mol. The molecule has 1 aromatic heterocycles. The van der Waals surface area contributed by atoms with Crippen LogP contribution in [-0.2, 0) is 0 Å². The lowest BCUT2D eigenvalue weighted by Gasteiger charge is -2.15. The third kappa shape index (κ3) is 4.22. The van der Waals surface area contributed by atoms with Crippen LogP contribution in [0, 0.1) is 11.3 Å². The SMILES string of the molecule is COc1cc(Nc2ccnc(Nc3ccc(C#N)cc3)n2)cc(OC)c1OC. The monoisotopic (exact) mass is 377 g/mol. The molecule has 0 fully saturated rings. The highest BCUT2D eigenvalue weighted by molar-refractivity contribution is 5.67. The van der Waals surface area contributed by atoms with Gasteiger partial charge >= 0.3 is 0 Å². The summed E-state index contributed by atoms with van der Waals surface area (Å²) in [6.07, 6.45) is 1.64. The number of nitriles is 1. The van der Waals surface area contributed by atoms with Gasteiger partial charge in [0.1, 0.15) is 5.82 Å². The number of nitrogens with one attached hydrogen (secondary N) is 2. The lowest BCUT2D eigenvalue weighted by atomic mass is 10.2. The molecule has 142 valence electrons. The third-order valence-corrected chi connectivity index (χ3v) is 3.86. The third-order valence-electron chi connectivity index (χ3n) is 3.86. The average Bonchev–Trinajstić information content (AvgIpc) is 2.73. The number of hydrogen-bond donors (Lipinski definition) is 2. The molecule has 0 aliphatic carbocycles. The Hall–Kier alpha value is -3.99. The highest BCUT2D eigenvalue weighted by Gasteiger charge is 2.13. The lowest BCUT2D eigenvalue weighted by molar-refractivity contribution is 0.324. The second-order valence-corrected chi connectivity index (χ2v) is 5.62. The second kappa shape index (κ2) is 8.60. The summed E-state index contributed by atoms with van der Waals surface area (Å²) in [6.45, 7) is 0. The fourth-order valence-electron chi connectivity index (χ4n) is 2.55. The topological polar surface area (TPSA) is 101 Å². The number of hydrogen-bond acceptors (Lipinski definition) is 8. The zero-order valence-corrected chi connectivity index (χ0v) is 15.7. The van der Waals surface area contributed by atoms with Crippen LogP contribution in [-0.4, -0.2) is 31.3 Å². The highest BCUT2D eigenvalue weighted by atomic mass is 16.5. The first-order valence-corrected chi connectivity index (χ1v) is 8.34. The van der Waals surface area contributed by atoms with Crippen molar-refractivity contribution in [3.8, 4) is 23.3 Å². The Morgan fingerprint density at radius 3 is 2.11 bits per heavy atom. The molecular weight excluding hydrogens is 358 g/mol. The minimum atomic E-state index is 0.419. The van der Waals surface area contributed by atoms with Crippen molar-refractivity contribution in [2.45, 2.75) is 0 Å². The first-order valence-electron chi connectivity index (χ1n) is 8.34. The molecule has 0 bridgehead atoms. The van der Waals surface area contributed by atoms with Gasteiger partial charge in [-0.2, -0.15) is 10.2 Å². The molecule has 2 aromatic carbocycles. The first kappa shape index (κ1) is 18.8. The van der Waals surface area contributed by atoms with E-state index in [2.05, 4.69) is 26.7 Å². The van der Waals surface area contributed by atoms with E-state index in [1.165, 1.54) is 0 Å². The summed E-state index contributed by atoms with van der Waals surface area (Å²) in [6, 6.07) is 14.4. The van der Waals surface area contributed by atoms with Gasteiger partial charge in [-0.05, 0) is 30.3 Å². The van der Waals surface area contributed by atoms with E-state index in [0.29, 0.717) is 34.6 Å². The van der Waals surface area contributed by atoms with Crippen LogP contribution < -0.4 is 24.8 Å². The van der Waals surface area contributed by atoms with E-state index in [9.17, 15) is 0 Å². The van der Waals surface area contributed by atoms with E-state index >= 15 is 0 Å². The molecule has 0 aliphatic rings. The highest BCUT2D eigenvalue weighted by Crippen LogP contribution is 2.40. The molecule has 1 heterocycles. The maximum Gasteiger partial charge on any atom is 0.229 e. The lowest BCUT2D eigenvalue weighted by Crippen LogP contribution is -2.01. The normalized spacial score (nSPS) is 9.93. The summed E-state index contributed by atoms with van der Waals surface area (Å²) in [5.74, 6) is 2.59. The molecular formula is C20H19N5O3. The standard InChI is InChI=1S/C20H19N5O3/c1-26-16-10-15(11-17(27-2)19(16)28-3)23-18-8-9-22-20(25-18)24-14-6-4-13(12-21)5-7-14/h4-11H,1-3H3,(H2,22,23,24,25). The molecule has 0 radical (unpaired) electrons. The maximum absolute atomic E-state index is 8.87. The second-order valence-electron chi connectivity index (χ2n) is 5.62. The van der Waals surface area contributed by atoms with E-state index in [0.717, 1.165) is 11.4 Å². The summed E-state index contributed by atoms with van der Waals surface area (Å²) in [5, 5.41) is 15.2. The summed E-state index contributed by atoms with van der Waals surface area (Å²) in [7, 11) is 4.68. The van der Waals surface area contributed by atoms with Crippen LogP contribution in [0.15, 0.2) is 48.7 Å². The van der Waals surface area contributed by atoms with Crippen LogP contribution in [0.2, 0.25) is 0 Å². The Labute approximate surface area is 162 Å². The molecule has 3 rings (SSSR count). The van der Waals surface area contributed by atoms with Crippen molar-refractivity contribution in [1.29, 1.82) is 5.26 Å². The molecule has 2 N–H and O–H groups in total. The summed E-state index contributed by atoms with van der Waals surface area (Å²) in [5.41, 5.74) is 2.09. The molecule has 0 atom stereocenters. The van der Waals surface area contributed by atoms with Gasteiger partial charge in [0.05, 0.1) is 33.0 Å². The predicted molar refractivity (Wildman–Crippen MR) is 106 cm³/mol. The number of nitrogens with zero attached hydrogens (tertiary/aromatic N) is 3. The predicted octanol–water partition coefficient (Wildman–Crippen LogP) is 3.86. The van der Waals surface area contributed by atoms with E-state index in [1.54, 1.807) is 70.0 Å². The number of methoxy groups -OCH3 is 3. The van der Waals surface area contributed by atoms with Crippen molar-refractivity contribution >= 4 is 23.1 Å². The zero-order chi connectivity index (χ0) is 19.9. The first-order chi connectivity index (χ1) is 13.7. The number of rotatable bonds is 7. The fraction of sp³-hybridized carbons (Fsp3) is 0.150. The van der Waals surface area contributed by atoms with Crippen molar-refractivity contribution in [2.75, 3.05) is 32.0 Å². The van der Waals surface area contributed by atoms with E-state index in [-0.39, 0.29) is 0 Å². The minimum Gasteiger partial charge on any atom is -0.493 e. The zero-order valence-electron chi connectivity index (χ0n) is 15.7. The van der Waals surface area contributed by atoms with Crippen LogP contribution in [0.1, 0.15) is 5.56 Å². The van der Waals surface area contributed by atoms with Gasteiger partial charge in [-0.3, -0.25) is 0 Å².